The number of nitrogens with zero attached hydrogens (tertiary/aromatic N) is 1. The molecule has 286 valence electrons. The van der Waals surface area contributed by atoms with Gasteiger partial charge in [-0.1, -0.05) is 194 Å². The van der Waals surface area contributed by atoms with Crippen molar-refractivity contribution >= 4 is 49.8 Å². The van der Waals surface area contributed by atoms with Gasteiger partial charge in [-0.3, -0.25) is 0 Å². The standard InChI is InChI=1S/C59H39NO/c1-5-19-42(20-6-1)59(43-21-7-2-8-22-43)52-31-16-15-29-49(52)56-46(30-17-32-53(56)59)40-35-37-41(38-36-40)50-39-51-57-54(60(44-23-9-3-10-24-44)45-25-11-4-12-26-45)33-18-34-55(57)61-58(51)48-28-14-13-27-47(48)50/h1-39H. The van der Waals surface area contributed by atoms with E-state index in [4.69, 9.17) is 4.42 Å². The molecule has 0 atom stereocenters. The molecule has 0 aliphatic heterocycles. The van der Waals surface area contributed by atoms with Gasteiger partial charge in [0.2, 0.25) is 0 Å². The predicted octanol–water partition coefficient (Wildman–Crippen LogP) is 15.9. The topological polar surface area (TPSA) is 16.4 Å². The zero-order valence-electron chi connectivity index (χ0n) is 33.4. The summed E-state index contributed by atoms with van der Waals surface area (Å²) in [4.78, 5) is 2.33. The molecule has 2 heteroatoms. The van der Waals surface area contributed by atoms with E-state index >= 15 is 0 Å². The molecule has 0 saturated heterocycles. The minimum atomic E-state index is -0.443. The molecular weight excluding hydrogens is 739 g/mol. The Balaban J connectivity index is 1.04. The second-order valence-electron chi connectivity index (χ2n) is 15.9. The van der Waals surface area contributed by atoms with E-state index in [1.165, 1.54) is 50.1 Å². The molecule has 0 unspecified atom stereocenters. The third-order valence-corrected chi connectivity index (χ3v) is 12.7. The molecule has 12 rings (SSSR count). The second kappa shape index (κ2) is 14.1. The van der Waals surface area contributed by atoms with E-state index in [1.54, 1.807) is 0 Å². The summed E-state index contributed by atoms with van der Waals surface area (Å²) in [6, 6.07) is 85.7. The maximum Gasteiger partial charge on any atom is 0.143 e. The van der Waals surface area contributed by atoms with Gasteiger partial charge in [-0.05, 0) is 103 Å². The zero-order valence-corrected chi connectivity index (χ0v) is 33.4. The minimum Gasteiger partial charge on any atom is -0.455 e. The summed E-state index contributed by atoms with van der Waals surface area (Å²) in [5.74, 6) is 0. The van der Waals surface area contributed by atoms with Crippen molar-refractivity contribution in [2.75, 3.05) is 4.90 Å². The van der Waals surface area contributed by atoms with Crippen molar-refractivity contribution in [1.29, 1.82) is 0 Å². The SMILES string of the molecule is c1ccc(N(c2ccccc2)c2cccc3oc4c5ccccc5c(-c5ccc(-c6cccc7c6-c6ccccc6C7(c6ccccc6)c6ccccc6)cc5)cc4c23)cc1. The Labute approximate surface area is 355 Å². The van der Waals surface area contributed by atoms with Gasteiger partial charge in [-0.2, -0.15) is 0 Å². The first-order chi connectivity index (χ1) is 30.3. The molecule has 11 aromatic rings. The first-order valence-corrected chi connectivity index (χ1v) is 21.0. The van der Waals surface area contributed by atoms with E-state index in [1.807, 2.05) is 0 Å². The maximum atomic E-state index is 6.82. The summed E-state index contributed by atoms with van der Waals surface area (Å²) in [5, 5.41) is 4.45. The summed E-state index contributed by atoms with van der Waals surface area (Å²) >= 11 is 0. The lowest BCUT2D eigenvalue weighted by molar-refractivity contribution is 0.672. The van der Waals surface area contributed by atoms with Crippen LogP contribution < -0.4 is 4.90 Å². The normalized spacial score (nSPS) is 12.7. The molecule has 0 radical (unpaired) electrons. The van der Waals surface area contributed by atoms with Crippen LogP contribution in [0.2, 0.25) is 0 Å². The van der Waals surface area contributed by atoms with E-state index in [9.17, 15) is 0 Å². The first-order valence-electron chi connectivity index (χ1n) is 21.0. The summed E-state index contributed by atoms with van der Waals surface area (Å²) in [6.45, 7) is 0. The van der Waals surface area contributed by atoms with Gasteiger partial charge in [0.15, 0.2) is 0 Å². The average Bonchev–Trinajstić information content (AvgIpc) is 3.88. The van der Waals surface area contributed by atoms with E-state index < -0.39 is 5.41 Å². The third kappa shape index (κ3) is 5.36. The highest BCUT2D eigenvalue weighted by molar-refractivity contribution is 6.22. The quantitative estimate of drug-likeness (QED) is 0.160. The Morgan fingerprint density at radius 3 is 1.52 bits per heavy atom. The van der Waals surface area contributed by atoms with Crippen LogP contribution in [-0.4, -0.2) is 0 Å². The molecule has 1 aromatic heterocycles. The number of furan rings is 1. The molecule has 1 aliphatic rings. The lowest BCUT2D eigenvalue weighted by atomic mass is 9.67. The van der Waals surface area contributed by atoms with E-state index in [2.05, 4.69) is 241 Å². The molecule has 1 heterocycles. The molecule has 1 aliphatic carbocycles. The van der Waals surface area contributed by atoms with Crippen molar-refractivity contribution in [3.63, 3.8) is 0 Å². The Morgan fingerprint density at radius 2 is 0.869 bits per heavy atom. The van der Waals surface area contributed by atoms with Gasteiger partial charge in [0, 0.05) is 22.1 Å². The number of rotatable bonds is 7. The van der Waals surface area contributed by atoms with Crippen LogP contribution in [-0.2, 0) is 5.41 Å². The van der Waals surface area contributed by atoms with Crippen molar-refractivity contribution in [2.45, 2.75) is 5.41 Å². The number of fused-ring (bicyclic) bond motifs is 8. The van der Waals surface area contributed by atoms with Crippen LogP contribution in [0.15, 0.2) is 241 Å². The van der Waals surface area contributed by atoms with Crippen LogP contribution >= 0.6 is 0 Å². The highest BCUT2D eigenvalue weighted by atomic mass is 16.3. The zero-order chi connectivity index (χ0) is 40.3. The van der Waals surface area contributed by atoms with E-state index in [0.717, 1.165) is 55.3 Å². The minimum absolute atomic E-state index is 0.443. The third-order valence-electron chi connectivity index (χ3n) is 12.7. The summed E-state index contributed by atoms with van der Waals surface area (Å²) < 4.78 is 6.82. The molecule has 0 bridgehead atoms. The fourth-order valence-corrected chi connectivity index (χ4v) is 10.2. The van der Waals surface area contributed by atoms with Gasteiger partial charge in [0.25, 0.3) is 0 Å². The molecule has 0 N–H and O–H groups in total. The number of benzene rings is 10. The van der Waals surface area contributed by atoms with Crippen LogP contribution in [0, 0.1) is 0 Å². The van der Waals surface area contributed by atoms with Crippen molar-refractivity contribution in [1.82, 2.24) is 0 Å². The molecule has 0 saturated carbocycles. The van der Waals surface area contributed by atoms with Gasteiger partial charge in [0.05, 0.1) is 16.5 Å². The van der Waals surface area contributed by atoms with Gasteiger partial charge in [0.1, 0.15) is 11.2 Å². The van der Waals surface area contributed by atoms with Crippen molar-refractivity contribution < 1.29 is 4.42 Å². The number of anilines is 3. The Bertz CT molecular complexity index is 3310. The van der Waals surface area contributed by atoms with Gasteiger partial charge in [-0.25, -0.2) is 0 Å². The van der Waals surface area contributed by atoms with Crippen LogP contribution in [0.5, 0.6) is 0 Å². The van der Waals surface area contributed by atoms with Crippen molar-refractivity contribution in [3.05, 3.63) is 259 Å². The van der Waals surface area contributed by atoms with Crippen molar-refractivity contribution in [3.8, 4) is 33.4 Å². The number of hydrogen-bond donors (Lipinski definition) is 0. The average molecular weight is 778 g/mol. The second-order valence-corrected chi connectivity index (χ2v) is 15.9. The van der Waals surface area contributed by atoms with Crippen LogP contribution in [0.3, 0.4) is 0 Å². The molecule has 61 heavy (non-hydrogen) atoms. The predicted molar refractivity (Wildman–Crippen MR) is 254 cm³/mol. The Morgan fingerprint density at radius 1 is 0.361 bits per heavy atom. The van der Waals surface area contributed by atoms with Gasteiger partial charge >= 0.3 is 0 Å². The Hall–Kier alpha value is -7.94. The molecule has 10 aromatic carbocycles. The lowest BCUT2D eigenvalue weighted by Gasteiger charge is -2.34. The fourth-order valence-electron chi connectivity index (χ4n) is 10.2. The van der Waals surface area contributed by atoms with Crippen LogP contribution in [0.1, 0.15) is 22.3 Å². The lowest BCUT2D eigenvalue weighted by Crippen LogP contribution is -2.28. The molecule has 2 nitrogen and oxygen atoms in total. The number of para-hydroxylation sites is 2. The van der Waals surface area contributed by atoms with E-state index in [0.29, 0.717) is 0 Å². The number of hydrogen-bond acceptors (Lipinski definition) is 2. The largest absolute Gasteiger partial charge is 0.455 e. The first kappa shape index (κ1) is 35.0. The van der Waals surface area contributed by atoms with Gasteiger partial charge < -0.3 is 9.32 Å². The molecule has 0 amide bonds. The summed E-state index contributed by atoms with van der Waals surface area (Å²) in [5.41, 5.74) is 17.1. The molecule has 0 spiro atoms. The van der Waals surface area contributed by atoms with Crippen molar-refractivity contribution in [2.24, 2.45) is 0 Å². The fraction of sp³-hybridized carbons (Fsp3) is 0.0169. The highest BCUT2D eigenvalue weighted by Crippen LogP contribution is 2.58. The van der Waals surface area contributed by atoms with Crippen LogP contribution in [0.25, 0.3) is 66.1 Å². The highest BCUT2D eigenvalue weighted by Gasteiger charge is 2.46. The van der Waals surface area contributed by atoms with Gasteiger partial charge in [-0.15, -0.1) is 0 Å². The molecule has 0 fully saturated rings. The molecular formula is C59H39NO. The monoisotopic (exact) mass is 777 g/mol. The van der Waals surface area contributed by atoms with Crippen LogP contribution in [0.4, 0.5) is 17.1 Å². The Kier molecular flexibility index (Phi) is 8.11. The van der Waals surface area contributed by atoms with E-state index in [-0.39, 0.29) is 0 Å². The maximum absolute atomic E-state index is 6.82. The smallest absolute Gasteiger partial charge is 0.143 e. The summed E-state index contributed by atoms with van der Waals surface area (Å²) in [6.07, 6.45) is 0. The summed E-state index contributed by atoms with van der Waals surface area (Å²) in [7, 11) is 0.